The van der Waals surface area contributed by atoms with Crippen molar-refractivity contribution in [1.82, 2.24) is 9.97 Å². The molecule has 0 saturated heterocycles. The number of carbonyl (C=O) groups excluding carboxylic acids is 2. The molecule has 3 aromatic rings. The number of hydrogen-bond donors (Lipinski definition) is 2. The minimum Gasteiger partial charge on any atom is -0.460 e. The number of anilines is 1. The van der Waals surface area contributed by atoms with Crippen LogP contribution in [-0.2, 0) is 16.0 Å². The number of hydrogen-bond acceptors (Lipinski definition) is 6. The average Bonchev–Trinajstić information content (AvgIpc) is 2.99. The first-order valence-electron chi connectivity index (χ1n) is 7.61. The molecule has 1 amide bonds. The Labute approximate surface area is 146 Å². The molecule has 0 unspecified atom stereocenters. The van der Waals surface area contributed by atoms with Gasteiger partial charge in [-0.1, -0.05) is 30.3 Å². The van der Waals surface area contributed by atoms with Crippen molar-refractivity contribution in [2.24, 2.45) is 0 Å². The molecule has 2 heterocycles. The lowest BCUT2D eigenvalue weighted by molar-refractivity contribution is -0.115. The van der Waals surface area contributed by atoms with E-state index in [0.717, 1.165) is 5.56 Å². The Morgan fingerprint density at radius 2 is 2.04 bits per heavy atom. The van der Waals surface area contributed by atoms with E-state index in [1.54, 1.807) is 12.3 Å². The van der Waals surface area contributed by atoms with Crippen LogP contribution in [0.25, 0.3) is 10.2 Å². The van der Waals surface area contributed by atoms with Crippen molar-refractivity contribution < 1.29 is 14.3 Å². The lowest BCUT2D eigenvalue weighted by Crippen LogP contribution is -2.19. The summed E-state index contributed by atoms with van der Waals surface area (Å²) in [6.45, 7) is 1.85. The lowest BCUT2D eigenvalue weighted by atomic mass is 10.1. The largest absolute Gasteiger partial charge is 0.460 e. The fraction of sp³-hybridized carbons (Fsp3) is 0.176. The van der Waals surface area contributed by atoms with Crippen LogP contribution < -0.4 is 10.9 Å². The van der Waals surface area contributed by atoms with Crippen molar-refractivity contribution >= 4 is 39.1 Å². The fourth-order valence-corrected chi connectivity index (χ4v) is 3.18. The summed E-state index contributed by atoms with van der Waals surface area (Å²) in [7, 11) is 0. The maximum atomic E-state index is 12.3. The van der Waals surface area contributed by atoms with Crippen molar-refractivity contribution in [1.29, 1.82) is 0 Å². The van der Waals surface area contributed by atoms with Crippen LogP contribution in [-0.4, -0.2) is 28.5 Å². The van der Waals surface area contributed by atoms with Gasteiger partial charge in [-0.25, -0.2) is 9.78 Å². The average molecular weight is 357 g/mol. The SMILES string of the molecule is CCOC(=O)c1nc2scc(NC(=O)Cc3ccccc3)c2c(=O)[nH]1. The van der Waals surface area contributed by atoms with Crippen molar-refractivity contribution in [2.45, 2.75) is 13.3 Å². The number of nitrogens with one attached hydrogen (secondary N) is 2. The molecule has 8 heteroatoms. The van der Waals surface area contributed by atoms with Gasteiger partial charge in [-0.05, 0) is 12.5 Å². The first kappa shape index (κ1) is 16.8. The molecule has 3 rings (SSSR count). The van der Waals surface area contributed by atoms with Crippen LogP contribution in [0.2, 0.25) is 0 Å². The zero-order chi connectivity index (χ0) is 17.8. The number of amides is 1. The minimum absolute atomic E-state index is 0.150. The molecule has 0 aliphatic rings. The third-order valence-electron chi connectivity index (χ3n) is 3.39. The van der Waals surface area contributed by atoms with Crippen LogP contribution in [0.5, 0.6) is 0 Å². The van der Waals surface area contributed by atoms with Crippen LogP contribution >= 0.6 is 11.3 Å². The predicted molar refractivity (Wildman–Crippen MR) is 95.0 cm³/mol. The number of aromatic nitrogens is 2. The number of esters is 1. The highest BCUT2D eigenvalue weighted by molar-refractivity contribution is 7.17. The highest BCUT2D eigenvalue weighted by Gasteiger charge is 2.17. The Hall–Kier alpha value is -3.00. The lowest BCUT2D eigenvalue weighted by Gasteiger charge is -2.04. The van der Waals surface area contributed by atoms with E-state index in [-0.39, 0.29) is 30.1 Å². The first-order valence-corrected chi connectivity index (χ1v) is 8.49. The van der Waals surface area contributed by atoms with E-state index < -0.39 is 11.5 Å². The molecular weight excluding hydrogens is 342 g/mol. The Balaban J connectivity index is 1.84. The van der Waals surface area contributed by atoms with E-state index in [0.29, 0.717) is 10.5 Å². The Bertz CT molecular complexity index is 978. The van der Waals surface area contributed by atoms with Gasteiger partial charge in [-0.2, -0.15) is 0 Å². The van der Waals surface area contributed by atoms with E-state index in [1.807, 2.05) is 30.3 Å². The van der Waals surface area contributed by atoms with Crippen LogP contribution in [0.3, 0.4) is 0 Å². The Morgan fingerprint density at radius 1 is 1.28 bits per heavy atom. The zero-order valence-electron chi connectivity index (χ0n) is 13.4. The van der Waals surface area contributed by atoms with Crippen molar-refractivity contribution in [2.75, 3.05) is 11.9 Å². The second-order valence-electron chi connectivity index (χ2n) is 5.18. The van der Waals surface area contributed by atoms with Crippen LogP contribution in [0.1, 0.15) is 23.1 Å². The van der Waals surface area contributed by atoms with Gasteiger partial charge < -0.3 is 15.0 Å². The maximum Gasteiger partial charge on any atom is 0.374 e. The monoisotopic (exact) mass is 357 g/mol. The number of ether oxygens (including phenoxy) is 1. The molecule has 2 N–H and O–H groups in total. The van der Waals surface area contributed by atoms with Gasteiger partial charge in [0.05, 0.1) is 18.7 Å². The summed E-state index contributed by atoms with van der Waals surface area (Å²) >= 11 is 1.17. The molecule has 25 heavy (non-hydrogen) atoms. The molecular formula is C17H15N3O4S. The molecule has 0 atom stereocenters. The van der Waals surface area contributed by atoms with Gasteiger partial charge in [0.25, 0.3) is 5.56 Å². The second kappa shape index (κ2) is 7.27. The molecule has 0 aliphatic carbocycles. The third kappa shape index (κ3) is 3.74. The highest BCUT2D eigenvalue weighted by Crippen LogP contribution is 2.26. The van der Waals surface area contributed by atoms with E-state index in [2.05, 4.69) is 15.3 Å². The number of rotatable bonds is 5. The van der Waals surface area contributed by atoms with Crippen molar-refractivity contribution in [3.8, 4) is 0 Å². The fourth-order valence-electron chi connectivity index (χ4n) is 2.31. The van der Waals surface area contributed by atoms with Gasteiger partial charge in [-0.3, -0.25) is 9.59 Å². The number of thiophene rings is 1. The van der Waals surface area contributed by atoms with Gasteiger partial charge in [0.1, 0.15) is 10.2 Å². The second-order valence-corrected chi connectivity index (χ2v) is 6.03. The number of benzene rings is 1. The number of nitrogens with zero attached hydrogens (tertiary/aromatic N) is 1. The molecule has 0 aliphatic heterocycles. The number of H-pyrrole nitrogens is 1. The molecule has 0 radical (unpaired) electrons. The van der Waals surface area contributed by atoms with Crippen LogP contribution in [0, 0.1) is 0 Å². The predicted octanol–water partition coefficient (Wildman–Crippen LogP) is 2.34. The summed E-state index contributed by atoms with van der Waals surface area (Å²) in [6.07, 6.45) is 0.199. The molecule has 0 saturated carbocycles. The quantitative estimate of drug-likeness (QED) is 0.683. The minimum atomic E-state index is -0.690. The summed E-state index contributed by atoms with van der Waals surface area (Å²) in [5.74, 6) is -1.08. The Morgan fingerprint density at radius 3 is 2.76 bits per heavy atom. The van der Waals surface area contributed by atoms with Crippen LogP contribution in [0.15, 0.2) is 40.5 Å². The molecule has 128 valence electrons. The molecule has 0 fully saturated rings. The van der Waals surface area contributed by atoms with Gasteiger partial charge in [0.15, 0.2) is 0 Å². The summed E-state index contributed by atoms with van der Waals surface area (Å²) < 4.78 is 4.83. The van der Waals surface area contributed by atoms with E-state index >= 15 is 0 Å². The molecule has 2 aromatic heterocycles. The van der Waals surface area contributed by atoms with Crippen molar-refractivity contribution in [3.63, 3.8) is 0 Å². The normalized spacial score (nSPS) is 10.6. The van der Waals surface area contributed by atoms with E-state index in [9.17, 15) is 14.4 Å². The van der Waals surface area contributed by atoms with Crippen LogP contribution in [0.4, 0.5) is 5.69 Å². The van der Waals surface area contributed by atoms with Crippen molar-refractivity contribution in [3.05, 3.63) is 57.5 Å². The number of carbonyl (C=O) groups is 2. The number of aromatic amines is 1. The van der Waals surface area contributed by atoms with E-state index in [4.69, 9.17) is 4.74 Å². The third-order valence-corrected chi connectivity index (χ3v) is 4.27. The van der Waals surface area contributed by atoms with Gasteiger partial charge >= 0.3 is 5.97 Å². The van der Waals surface area contributed by atoms with E-state index in [1.165, 1.54) is 11.3 Å². The zero-order valence-corrected chi connectivity index (χ0v) is 14.2. The van der Waals surface area contributed by atoms with Gasteiger partial charge in [0.2, 0.25) is 11.7 Å². The molecule has 1 aromatic carbocycles. The summed E-state index contributed by atoms with van der Waals surface area (Å²) in [4.78, 5) is 43.0. The Kier molecular flexibility index (Phi) is 4.90. The summed E-state index contributed by atoms with van der Waals surface area (Å²) in [6, 6.07) is 9.29. The molecule has 7 nitrogen and oxygen atoms in total. The standard InChI is InChI=1S/C17H15N3O4S/c1-2-24-17(23)14-19-15(22)13-11(9-25-16(13)20-14)18-12(21)8-10-6-4-3-5-7-10/h3-7,9H,2,8H2,1H3,(H,18,21)(H,19,20,22). The molecule has 0 bridgehead atoms. The summed E-state index contributed by atoms with van der Waals surface area (Å²) in [5, 5.41) is 4.60. The summed E-state index contributed by atoms with van der Waals surface area (Å²) in [5.41, 5.74) is 0.755. The maximum absolute atomic E-state index is 12.3. The highest BCUT2D eigenvalue weighted by atomic mass is 32.1. The smallest absolute Gasteiger partial charge is 0.374 e. The first-order chi connectivity index (χ1) is 12.1. The molecule has 0 spiro atoms. The topological polar surface area (TPSA) is 101 Å². The number of fused-ring (bicyclic) bond motifs is 1. The van der Waals surface area contributed by atoms with Gasteiger partial charge in [0, 0.05) is 5.38 Å². The van der Waals surface area contributed by atoms with Gasteiger partial charge in [-0.15, -0.1) is 11.3 Å².